The van der Waals surface area contributed by atoms with Gasteiger partial charge in [0.1, 0.15) is 6.54 Å². The fraction of sp³-hybridized carbons (Fsp3) is 0.389. The van der Waals surface area contributed by atoms with Crippen molar-refractivity contribution in [3.63, 3.8) is 0 Å². The third-order valence-corrected chi connectivity index (χ3v) is 4.42. The van der Waals surface area contributed by atoms with Crippen LogP contribution in [0.4, 0.5) is 0 Å². The number of hydrogen-bond acceptors (Lipinski definition) is 4. The summed E-state index contributed by atoms with van der Waals surface area (Å²) < 4.78 is 1.19. The van der Waals surface area contributed by atoms with Gasteiger partial charge in [-0.25, -0.2) is 4.79 Å². The quantitative estimate of drug-likeness (QED) is 0.784. The lowest BCUT2D eigenvalue weighted by atomic mass is 10.1. The molecule has 1 amide bonds. The standard InChI is InChI=1S/C18H22N4O3/c23-16-7-9-22(18(25)20-16)13-17(24)19-10-15-6-8-21(12-15)11-14-4-2-1-3-5-14/h1-5,7,9,15H,6,8,10-13H2,(H,19,24)(H,20,23,25). The third-order valence-electron chi connectivity index (χ3n) is 4.42. The molecule has 0 spiro atoms. The van der Waals surface area contributed by atoms with Gasteiger partial charge in [0.05, 0.1) is 0 Å². The third kappa shape index (κ3) is 4.90. The number of aromatic amines is 1. The molecule has 2 N–H and O–H groups in total. The van der Waals surface area contributed by atoms with Crippen LogP contribution in [-0.2, 0) is 17.9 Å². The molecule has 2 heterocycles. The van der Waals surface area contributed by atoms with Crippen LogP contribution in [-0.4, -0.2) is 40.0 Å². The Morgan fingerprint density at radius 2 is 2.00 bits per heavy atom. The fourth-order valence-electron chi connectivity index (χ4n) is 3.10. The van der Waals surface area contributed by atoms with Crippen molar-refractivity contribution in [3.05, 3.63) is 69.0 Å². The number of aromatic nitrogens is 2. The SMILES string of the molecule is O=C(Cn1ccc(=O)[nH]c1=O)NCC1CCN(Cc2ccccc2)C1. The second-order valence-corrected chi connectivity index (χ2v) is 6.42. The summed E-state index contributed by atoms with van der Waals surface area (Å²) >= 11 is 0. The van der Waals surface area contributed by atoms with E-state index in [9.17, 15) is 14.4 Å². The van der Waals surface area contributed by atoms with E-state index < -0.39 is 11.2 Å². The van der Waals surface area contributed by atoms with E-state index in [1.54, 1.807) is 0 Å². The maximum Gasteiger partial charge on any atom is 0.328 e. The van der Waals surface area contributed by atoms with Crippen LogP contribution in [0.2, 0.25) is 0 Å². The van der Waals surface area contributed by atoms with E-state index in [1.165, 1.54) is 22.4 Å². The average Bonchev–Trinajstić information content (AvgIpc) is 3.04. The van der Waals surface area contributed by atoms with Crippen LogP contribution in [0.15, 0.2) is 52.2 Å². The highest BCUT2D eigenvalue weighted by Crippen LogP contribution is 2.17. The Hall–Kier alpha value is -2.67. The van der Waals surface area contributed by atoms with Crippen molar-refractivity contribution >= 4 is 5.91 Å². The number of likely N-dealkylation sites (tertiary alicyclic amines) is 1. The lowest BCUT2D eigenvalue weighted by molar-refractivity contribution is -0.121. The van der Waals surface area contributed by atoms with Crippen LogP contribution in [0.3, 0.4) is 0 Å². The highest BCUT2D eigenvalue weighted by Gasteiger charge is 2.22. The number of H-pyrrole nitrogens is 1. The molecule has 3 rings (SSSR count). The van der Waals surface area contributed by atoms with Gasteiger partial charge < -0.3 is 5.32 Å². The molecule has 1 unspecified atom stereocenters. The van der Waals surface area contributed by atoms with Gasteiger partial charge in [-0.15, -0.1) is 0 Å². The molecule has 1 aliphatic heterocycles. The van der Waals surface area contributed by atoms with Crippen LogP contribution in [0, 0.1) is 5.92 Å². The smallest absolute Gasteiger partial charge is 0.328 e. The number of carbonyl (C=O) groups excluding carboxylic acids is 1. The number of amides is 1. The molecule has 0 saturated carbocycles. The van der Waals surface area contributed by atoms with Gasteiger partial charge in [-0.2, -0.15) is 0 Å². The van der Waals surface area contributed by atoms with Gasteiger partial charge in [-0.05, 0) is 24.4 Å². The Morgan fingerprint density at radius 1 is 1.20 bits per heavy atom. The molecule has 1 aromatic carbocycles. The number of rotatable bonds is 6. The predicted molar refractivity (Wildman–Crippen MR) is 94.2 cm³/mol. The fourth-order valence-corrected chi connectivity index (χ4v) is 3.10. The molecular weight excluding hydrogens is 320 g/mol. The predicted octanol–water partition coefficient (Wildman–Crippen LogP) is 0.175. The summed E-state index contributed by atoms with van der Waals surface area (Å²) in [4.78, 5) is 39.1. The number of hydrogen-bond donors (Lipinski definition) is 2. The summed E-state index contributed by atoms with van der Waals surface area (Å²) in [5.74, 6) is 0.190. The highest BCUT2D eigenvalue weighted by atomic mass is 16.2. The summed E-state index contributed by atoms with van der Waals surface area (Å²) in [5, 5.41) is 2.88. The molecule has 0 aliphatic carbocycles. The van der Waals surface area contributed by atoms with E-state index in [2.05, 4.69) is 27.3 Å². The zero-order valence-corrected chi connectivity index (χ0v) is 14.0. The molecule has 1 fully saturated rings. The minimum Gasteiger partial charge on any atom is -0.354 e. The molecule has 0 radical (unpaired) electrons. The first-order valence-corrected chi connectivity index (χ1v) is 8.43. The van der Waals surface area contributed by atoms with E-state index >= 15 is 0 Å². The first-order chi connectivity index (χ1) is 12.1. The maximum atomic E-state index is 12.0. The molecule has 0 bridgehead atoms. The van der Waals surface area contributed by atoms with E-state index in [-0.39, 0.29) is 12.5 Å². The molecule has 1 aliphatic rings. The van der Waals surface area contributed by atoms with Crippen LogP contribution in [0.5, 0.6) is 0 Å². The molecular formula is C18H22N4O3. The highest BCUT2D eigenvalue weighted by molar-refractivity contribution is 5.75. The topological polar surface area (TPSA) is 87.2 Å². The molecule has 7 heteroatoms. The summed E-state index contributed by atoms with van der Waals surface area (Å²) in [6.07, 6.45) is 2.38. The summed E-state index contributed by atoms with van der Waals surface area (Å²) in [5.41, 5.74) is 0.258. The Bertz CT molecular complexity index is 828. The van der Waals surface area contributed by atoms with Crippen molar-refractivity contribution in [1.82, 2.24) is 19.8 Å². The second kappa shape index (κ2) is 7.94. The summed E-state index contributed by atoms with van der Waals surface area (Å²) in [7, 11) is 0. The lowest BCUT2D eigenvalue weighted by Crippen LogP contribution is -2.37. The van der Waals surface area contributed by atoms with E-state index in [0.29, 0.717) is 12.5 Å². The second-order valence-electron chi connectivity index (χ2n) is 6.42. The zero-order valence-electron chi connectivity index (χ0n) is 14.0. The lowest BCUT2D eigenvalue weighted by Gasteiger charge is -2.16. The minimum absolute atomic E-state index is 0.0872. The Kier molecular flexibility index (Phi) is 5.45. The summed E-state index contributed by atoms with van der Waals surface area (Å²) in [6, 6.07) is 11.6. The van der Waals surface area contributed by atoms with Gasteiger partial charge in [0.25, 0.3) is 5.56 Å². The van der Waals surface area contributed by atoms with E-state index in [4.69, 9.17) is 0 Å². The van der Waals surface area contributed by atoms with Crippen molar-refractivity contribution < 1.29 is 4.79 Å². The minimum atomic E-state index is -0.572. The van der Waals surface area contributed by atoms with Crippen LogP contribution >= 0.6 is 0 Å². The van der Waals surface area contributed by atoms with Crippen molar-refractivity contribution in [2.45, 2.75) is 19.5 Å². The van der Waals surface area contributed by atoms with Crippen LogP contribution in [0.1, 0.15) is 12.0 Å². The van der Waals surface area contributed by atoms with Crippen molar-refractivity contribution in [2.75, 3.05) is 19.6 Å². The van der Waals surface area contributed by atoms with Crippen LogP contribution in [0.25, 0.3) is 0 Å². The number of nitrogens with zero attached hydrogens (tertiary/aromatic N) is 2. The number of carbonyl (C=O) groups is 1. The first kappa shape index (κ1) is 17.2. The van der Waals surface area contributed by atoms with Gasteiger partial charge in [-0.3, -0.25) is 24.0 Å². The Morgan fingerprint density at radius 3 is 2.76 bits per heavy atom. The molecule has 1 aromatic heterocycles. The molecule has 2 aromatic rings. The maximum absolute atomic E-state index is 12.0. The van der Waals surface area contributed by atoms with Gasteiger partial charge in [0.15, 0.2) is 0 Å². The molecule has 1 atom stereocenters. The van der Waals surface area contributed by atoms with Gasteiger partial charge in [-0.1, -0.05) is 30.3 Å². The number of nitrogens with one attached hydrogen (secondary N) is 2. The molecule has 132 valence electrons. The van der Waals surface area contributed by atoms with Crippen molar-refractivity contribution in [2.24, 2.45) is 5.92 Å². The van der Waals surface area contributed by atoms with Gasteiger partial charge in [0, 0.05) is 31.9 Å². The largest absolute Gasteiger partial charge is 0.354 e. The Balaban J connectivity index is 1.44. The monoisotopic (exact) mass is 342 g/mol. The van der Waals surface area contributed by atoms with Gasteiger partial charge in [0.2, 0.25) is 5.91 Å². The van der Waals surface area contributed by atoms with Crippen molar-refractivity contribution in [3.8, 4) is 0 Å². The van der Waals surface area contributed by atoms with Gasteiger partial charge >= 0.3 is 5.69 Å². The first-order valence-electron chi connectivity index (χ1n) is 8.43. The van der Waals surface area contributed by atoms with E-state index in [1.807, 2.05) is 18.2 Å². The van der Waals surface area contributed by atoms with Crippen LogP contribution < -0.4 is 16.6 Å². The average molecular weight is 342 g/mol. The molecule has 1 saturated heterocycles. The summed E-state index contributed by atoms with van der Waals surface area (Å²) in [6.45, 7) is 3.42. The zero-order chi connectivity index (χ0) is 17.6. The van der Waals surface area contributed by atoms with Crippen molar-refractivity contribution in [1.29, 1.82) is 0 Å². The molecule has 7 nitrogen and oxygen atoms in total. The Labute approximate surface area is 145 Å². The molecule has 25 heavy (non-hydrogen) atoms. The normalized spacial score (nSPS) is 17.5. The van der Waals surface area contributed by atoms with E-state index in [0.717, 1.165) is 26.1 Å². The number of benzene rings is 1.